The van der Waals surface area contributed by atoms with Gasteiger partial charge >= 0.3 is 0 Å². The molecule has 7 nitrogen and oxygen atoms in total. The number of para-hydroxylation sites is 1. The lowest BCUT2D eigenvalue weighted by Crippen LogP contribution is -2.11. The highest BCUT2D eigenvalue weighted by molar-refractivity contribution is 5.90. The number of rotatable bonds is 7. The van der Waals surface area contributed by atoms with Crippen molar-refractivity contribution >= 4 is 28.5 Å². The van der Waals surface area contributed by atoms with Crippen LogP contribution < -0.4 is 10.6 Å². The van der Waals surface area contributed by atoms with Gasteiger partial charge in [0.25, 0.3) is 0 Å². The number of methoxy groups -OCH3 is 1. The third kappa shape index (κ3) is 4.05. The van der Waals surface area contributed by atoms with E-state index in [1.165, 1.54) is 11.1 Å². The predicted octanol–water partition coefficient (Wildman–Crippen LogP) is 4.23. The summed E-state index contributed by atoms with van der Waals surface area (Å²) in [6.07, 6.45) is 1.80. The highest BCUT2D eigenvalue weighted by atomic mass is 16.5. The van der Waals surface area contributed by atoms with Gasteiger partial charge in [-0.3, -0.25) is 0 Å². The summed E-state index contributed by atoms with van der Waals surface area (Å²) < 4.78 is 6.95. The Labute approximate surface area is 169 Å². The Balaban J connectivity index is 1.78. The second-order valence-corrected chi connectivity index (χ2v) is 6.87. The molecule has 2 heterocycles. The van der Waals surface area contributed by atoms with Crippen LogP contribution in [-0.4, -0.2) is 40.0 Å². The first-order valence-corrected chi connectivity index (χ1v) is 9.54. The molecule has 0 unspecified atom stereocenters. The van der Waals surface area contributed by atoms with Gasteiger partial charge in [0, 0.05) is 19.3 Å². The summed E-state index contributed by atoms with van der Waals surface area (Å²) in [5, 5.41) is 12.1. The van der Waals surface area contributed by atoms with Gasteiger partial charge in [-0.1, -0.05) is 24.3 Å². The number of aromatic nitrogens is 4. The first kappa shape index (κ1) is 18.9. The summed E-state index contributed by atoms with van der Waals surface area (Å²) in [6.45, 7) is 5.38. The number of ether oxygens (including phenoxy) is 1. The number of benzene rings is 2. The molecule has 0 spiro atoms. The number of aryl methyl sites for hydroxylation is 2. The highest BCUT2D eigenvalue weighted by Crippen LogP contribution is 2.27. The third-order valence-electron chi connectivity index (χ3n) is 4.79. The molecule has 0 fully saturated rings. The zero-order valence-electron chi connectivity index (χ0n) is 16.8. The molecule has 0 bridgehead atoms. The second-order valence-electron chi connectivity index (χ2n) is 6.87. The minimum Gasteiger partial charge on any atom is -0.383 e. The third-order valence-corrected chi connectivity index (χ3v) is 4.79. The Kier molecular flexibility index (Phi) is 5.39. The first-order chi connectivity index (χ1) is 14.2. The van der Waals surface area contributed by atoms with Crippen molar-refractivity contribution in [3.63, 3.8) is 0 Å². The van der Waals surface area contributed by atoms with Crippen molar-refractivity contribution in [2.45, 2.75) is 13.8 Å². The van der Waals surface area contributed by atoms with Gasteiger partial charge in [-0.25, -0.2) is 4.68 Å². The van der Waals surface area contributed by atoms with E-state index in [4.69, 9.17) is 9.72 Å². The molecular weight excluding hydrogens is 364 g/mol. The van der Waals surface area contributed by atoms with Gasteiger partial charge in [-0.05, 0) is 49.2 Å². The van der Waals surface area contributed by atoms with Crippen LogP contribution in [0.2, 0.25) is 0 Å². The minimum atomic E-state index is 0.526. The number of fused-ring (bicyclic) bond motifs is 1. The summed E-state index contributed by atoms with van der Waals surface area (Å²) in [5.74, 6) is 1.24. The maximum Gasteiger partial charge on any atom is 0.226 e. The Bertz CT molecular complexity index is 1120. The summed E-state index contributed by atoms with van der Waals surface area (Å²) in [5.41, 5.74) is 5.13. The molecule has 2 aromatic heterocycles. The number of nitrogens with zero attached hydrogens (tertiary/aromatic N) is 4. The van der Waals surface area contributed by atoms with Crippen LogP contribution in [-0.2, 0) is 4.74 Å². The highest BCUT2D eigenvalue weighted by Gasteiger charge is 2.14. The molecule has 4 rings (SSSR count). The van der Waals surface area contributed by atoms with E-state index in [-0.39, 0.29) is 0 Å². The topological polar surface area (TPSA) is 76.9 Å². The van der Waals surface area contributed by atoms with Crippen molar-refractivity contribution in [3.05, 3.63) is 65.9 Å². The summed E-state index contributed by atoms with van der Waals surface area (Å²) >= 11 is 0. The normalized spacial score (nSPS) is 11.0. The summed E-state index contributed by atoms with van der Waals surface area (Å²) in [4.78, 5) is 9.38. The van der Waals surface area contributed by atoms with Crippen molar-refractivity contribution in [3.8, 4) is 5.69 Å². The Hall–Kier alpha value is -3.45. The molecule has 0 aliphatic carbocycles. The quantitative estimate of drug-likeness (QED) is 0.461. The molecule has 29 heavy (non-hydrogen) atoms. The molecule has 0 atom stereocenters. The van der Waals surface area contributed by atoms with E-state index in [9.17, 15) is 0 Å². The van der Waals surface area contributed by atoms with Crippen molar-refractivity contribution in [1.82, 2.24) is 19.7 Å². The lowest BCUT2D eigenvalue weighted by Gasteiger charge is -2.12. The molecular formula is C22H24N6O. The zero-order valence-corrected chi connectivity index (χ0v) is 16.8. The van der Waals surface area contributed by atoms with Gasteiger partial charge in [0.05, 0.1) is 23.9 Å². The van der Waals surface area contributed by atoms with Crippen LogP contribution in [0.1, 0.15) is 11.1 Å². The van der Waals surface area contributed by atoms with Crippen LogP contribution in [0, 0.1) is 13.8 Å². The largest absolute Gasteiger partial charge is 0.383 e. The Morgan fingerprint density at radius 2 is 1.83 bits per heavy atom. The van der Waals surface area contributed by atoms with Crippen LogP contribution in [0.5, 0.6) is 0 Å². The minimum absolute atomic E-state index is 0.526. The Morgan fingerprint density at radius 1 is 1.00 bits per heavy atom. The molecule has 0 saturated heterocycles. The lowest BCUT2D eigenvalue weighted by molar-refractivity contribution is 0.210. The van der Waals surface area contributed by atoms with Crippen LogP contribution in [0.15, 0.2) is 54.7 Å². The van der Waals surface area contributed by atoms with Gasteiger partial charge in [-0.15, -0.1) is 0 Å². The molecule has 0 aliphatic rings. The van der Waals surface area contributed by atoms with Crippen molar-refractivity contribution in [1.29, 1.82) is 0 Å². The van der Waals surface area contributed by atoms with Crippen LogP contribution >= 0.6 is 0 Å². The molecule has 0 aliphatic heterocycles. The predicted molar refractivity (Wildman–Crippen MR) is 116 cm³/mol. The van der Waals surface area contributed by atoms with Crippen LogP contribution in [0.3, 0.4) is 0 Å². The van der Waals surface area contributed by atoms with Gasteiger partial charge < -0.3 is 15.4 Å². The Morgan fingerprint density at radius 3 is 2.59 bits per heavy atom. The molecule has 0 amide bonds. The van der Waals surface area contributed by atoms with Crippen molar-refractivity contribution < 1.29 is 4.74 Å². The van der Waals surface area contributed by atoms with E-state index < -0.39 is 0 Å². The average Bonchev–Trinajstić information content (AvgIpc) is 3.16. The van der Waals surface area contributed by atoms with E-state index in [2.05, 4.69) is 52.8 Å². The standard InChI is InChI=1S/C22H24N6O/c1-15-9-10-17(13-16(15)2)25-20-19-14-24-28(18-7-5-4-6-8-18)21(19)27-22(26-20)23-11-12-29-3/h4-10,13-14H,11-12H2,1-3H3,(H2,23,25,26,27). The van der Waals surface area contributed by atoms with Gasteiger partial charge in [0.2, 0.25) is 5.95 Å². The monoisotopic (exact) mass is 388 g/mol. The van der Waals surface area contributed by atoms with Crippen molar-refractivity contribution in [2.75, 3.05) is 30.9 Å². The fraction of sp³-hybridized carbons (Fsp3) is 0.227. The maximum atomic E-state index is 5.13. The van der Waals surface area contributed by atoms with E-state index >= 15 is 0 Å². The molecule has 4 aromatic rings. The van der Waals surface area contributed by atoms with Gasteiger partial charge in [-0.2, -0.15) is 15.1 Å². The SMILES string of the molecule is COCCNc1nc(Nc2ccc(C)c(C)c2)c2cnn(-c3ccccc3)c2n1. The molecule has 148 valence electrons. The van der Waals surface area contributed by atoms with Crippen LogP contribution in [0.4, 0.5) is 17.5 Å². The van der Waals surface area contributed by atoms with Gasteiger partial charge in [0.15, 0.2) is 5.65 Å². The van der Waals surface area contributed by atoms with E-state index in [1.54, 1.807) is 13.3 Å². The molecule has 2 aromatic carbocycles. The number of anilines is 3. The number of hydrogen-bond donors (Lipinski definition) is 2. The second kappa shape index (κ2) is 8.28. The van der Waals surface area contributed by atoms with E-state index in [0.29, 0.717) is 24.9 Å². The number of hydrogen-bond acceptors (Lipinski definition) is 6. The average molecular weight is 388 g/mol. The van der Waals surface area contributed by atoms with Gasteiger partial charge in [0.1, 0.15) is 5.82 Å². The van der Waals surface area contributed by atoms with Crippen molar-refractivity contribution in [2.24, 2.45) is 0 Å². The fourth-order valence-electron chi connectivity index (χ4n) is 3.06. The maximum absolute atomic E-state index is 5.13. The molecule has 2 N–H and O–H groups in total. The van der Waals surface area contributed by atoms with E-state index in [1.807, 2.05) is 35.0 Å². The summed E-state index contributed by atoms with van der Waals surface area (Å²) in [6, 6.07) is 16.2. The number of nitrogens with one attached hydrogen (secondary N) is 2. The first-order valence-electron chi connectivity index (χ1n) is 9.54. The molecule has 0 radical (unpaired) electrons. The molecule has 7 heteroatoms. The molecule has 0 saturated carbocycles. The van der Waals surface area contributed by atoms with Crippen LogP contribution in [0.25, 0.3) is 16.7 Å². The van der Waals surface area contributed by atoms with E-state index in [0.717, 1.165) is 22.4 Å². The zero-order chi connectivity index (χ0) is 20.2. The smallest absolute Gasteiger partial charge is 0.226 e. The lowest BCUT2D eigenvalue weighted by atomic mass is 10.1. The fourth-order valence-corrected chi connectivity index (χ4v) is 3.06. The summed E-state index contributed by atoms with van der Waals surface area (Å²) in [7, 11) is 1.67.